The number of hydrogen-bond donors (Lipinski definition) is 0. The highest BCUT2D eigenvalue weighted by molar-refractivity contribution is 7.14. The van der Waals surface area contributed by atoms with Crippen LogP contribution in [0, 0.1) is 11.8 Å². The Bertz CT molecular complexity index is 479. The summed E-state index contributed by atoms with van der Waals surface area (Å²) >= 11 is 1.25. The first-order valence-electron chi connectivity index (χ1n) is 5.58. The molecule has 96 valence electrons. The van der Waals surface area contributed by atoms with E-state index in [0.29, 0.717) is 18.1 Å². The number of ether oxygens (including phenoxy) is 2. The van der Waals surface area contributed by atoms with Crippen LogP contribution in [-0.2, 0) is 14.3 Å². The Kier molecular flexibility index (Phi) is 5.95. The molecule has 0 amide bonds. The van der Waals surface area contributed by atoms with E-state index in [1.54, 1.807) is 26.0 Å². The molecule has 0 saturated carbocycles. The molecule has 0 fully saturated rings. The van der Waals surface area contributed by atoms with Crippen molar-refractivity contribution in [2.45, 2.75) is 20.3 Å². The van der Waals surface area contributed by atoms with Crippen LogP contribution in [0.25, 0.3) is 0 Å². The zero-order valence-corrected chi connectivity index (χ0v) is 11.1. The van der Waals surface area contributed by atoms with E-state index in [1.165, 1.54) is 11.3 Å². The minimum absolute atomic E-state index is 0.0560. The second kappa shape index (κ2) is 7.51. The molecule has 0 aliphatic rings. The average Bonchev–Trinajstić information content (AvgIpc) is 2.78. The lowest BCUT2D eigenvalue weighted by atomic mass is 10.4. The molecule has 0 N–H and O–H groups in total. The molecule has 0 spiro atoms. The number of esters is 2. The Labute approximate surface area is 110 Å². The zero-order chi connectivity index (χ0) is 13.4. The summed E-state index contributed by atoms with van der Waals surface area (Å²) in [5.41, 5.74) is 0. The second-order valence-electron chi connectivity index (χ2n) is 3.17. The fourth-order valence-electron chi connectivity index (χ4n) is 1.13. The van der Waals surface area contributed by atoms with Gasteiger partial charge in [-0.05, 0) is 26.0 Å². The molecule has 18 heavy (non-hydrogen) atoms. The topological polar surface area (TPSA) is 52.6 Å². The van der Waals surface area contributed by atoms with E-state index in [2.05, 4.69) is 11.8 Å². The van der Waals surface area contributed by atoms with Gasteiger partial charge in [0.25, 0.3) is 0 Å². The predicted molar refractivity (Wildman–Crippen MR) is 68.4 cm³/mol. The summed E-state index contributed by atoms with van der Waals surface area (Å²) in [4.78, 5) is 23.7. The molecule has 1 rings (SSSR count). The van der Waals surface area contributed by atoms with E-state index in [-0.39, 0.29) is 18.4 Å². The van der Waals surface area contributed by atoms with Crippen molar-refractivity contribution in [3.63, 3.8) is 0 Å². The van der Waals surface area contributed by atoms with Gasteiger partial charge in [-0.2, -0.15) is 0 Å². The zero-order valence-electron chi connectivity index (χ0n) is 10.3. The van der Waals surface area contributed by atoms with E-state index in [4.69, 9.17) is 9.47 Å². The molecule has 1 aromatic heterocycles. The van der Waals surface area contributed by atoms with Gasteiger partial charge in [0.05, 0.1) is 18.1 Å². The molecule has 5 heteroatoms. The number of carbonyl (C=O) groups is 2. The SMILES string of the molecule is CCOC(=O)CC#Cc1ccc(C(=O)OCC)s1. The van der Waals surface area contributed by atoms with Gasteiger partial charge in [-0.25, -0.2) is 4.79 Å². The van der Waals surface area contributed by atoms with Crippen LogP contribution in [0.5, 0.6) is 0 Å². The third kappa shape index (κ3) is 4.60. The molecule has 0 aromatic carbocycles. The van der Waals surface area contributed by atoms with E-state index < -0.39 is 0 Å². The minimum Gasteiger partial charge on any atom is -0.465 e. The van der Waals surface area contributed by atoms with Crippen LogP contribution in [0.4, 0.5) is 0 Å². The van der Waals surface area contributed by atoms with Crippen LogP contribution in [0.1, 0.15) is 34.8 Å². The highest BCUT2D eigenvalue weighted by Crippen LogP contribution is 2.16. The second-order valence-corrected chi connectivity index (χ2v) is 4.25. The Morgan fingerprint density at radius 2 is 1.94 bits per heavy atom. The van der Waals surface area contributed by atoms with Gasteiger partial charge in [0.2, 0.25) is 0 Å². The highest BCUT2D eigenvalue weighted by atomic mass is 32.1. The fraction of sp³-hybridized carbons (Fsp3) is 0.385. The number of rotatable bonds is 4. The fourth-order valence-corrected chi connectivity index (χ4v) is 1.91. The summed E-state index contributed by atoms with van der Waals surface area (Å²) in [5, 5.41) is 0. The van der Waals surface area contributed by atoms with Gasteiger partial charge in [-0.1, -0.05) is 11.8 Å². The number of thiophene rings is 1. The van der Waals surface area contributed by atoms with Crippen LogP contribution in [0.2, 0.25) is 0 Å². The average molecular weight is 266 g/mol. The first-order valence-corrected chi connectivity index (χ1v) is 6.40. The Hall–Kier alpha value is -1.80. The largest absolute Gasteiger partial charge is 0.465 e. The molecule has 0 aliphatic carbocycles. The molecular formula is C13H14O4S. The molecule has 0 aliphatic heterocycles. The van der Waals surface area contributed by atoms with Gasteiger partial charge >= 0.3 is 11.9 Å². The first-order chi connectivity index (χ1) is 8.67. The molecule has 4 nitrogen and oxygen atoms in total. The Balaban J connectivity index is 2.56. The summed E-state index contributed by atoms with van der Waals surface area (Å²) in [6, 6.07) is 3.39. The summed E-state index contributed by atoms with van der Waals surface area (Å²) in [7, 11) is 0. The molecule has 0 atom stereocenters. The maximum Gasteiger partial charge on any atom is 0.348 e. The van der Waals surface area contributed by atoms with Crippen molar-refractivity contribution in [2.24, 2.45) is 0 Å². The van der Waals surface area contributed by atoms with Crippen molar-refractivity contribution in [2.75, 3.05) is 13.2 Å². The van der Waals surface area contributed by atoms with Crippen LogP contribution in [0.3, 0.4) is 0 Å². The van der Waals surface area contributed by atoms with Crippen molar-refractivity contribution in [1.82, 2.24) is 0 Å². The molecule has 1 aromatic rings. The highest BCUT2D eigenvalue weighted by Gasteiger charge is 2.08. The van der Waals surface area contributed by atoms with Crippen LogP contribution in [0.15, 0.2) is 12.1 Å². The maximum absolute atomic E-state index is 11.4. The normalized spacial score (nSPS) is 9.22. The number of hydrogen-bond acceptors (Lipinski definition) is 5. The Morgan fingerprint density at radius 3 is 2.61 bits per heavy atom. The summed E-state index contributed by atoms with van der Waals surface area (Å²) in [5.74, 6) is 4.83. The van der Waals surface area contributed by atoms with Gasteiger partial charge in [0.1, 0.15) is 11.3 Å². The van der Waals surface area contributed by atoms with Crippen LogP contribution >= 0.6 is 11.3 Å². The molecule has 0 radical (unpaired) electrons. The van der Waals surface area contributed by atoms with E-state index in [9.17, 15) is 9.59 Å². The van der Waals surface area contributed by atoms with E-state index >= 15 is 0 Å². The molecule has 0 bridgehead atoms. The smallest absolute Gasteiger partial charge is 0.348 e. The van der Waals surface area contributed by atoms with Crippen LogP contribution < -0.4 is 0 Å². The van der Waals surface area contributed by atoms with Gasteiger partial charge in [-0.3, -0.25) is 4.79 Å². The van der Waals surface area contributed by atoms with E-state index in [0.717, 1.165) is 4.88 Å². The van der Waals surface area contributed by atoms with Crippen molar-refractivity contribution in [3.05, 3.63) is 21.9 Å². The quantitative estimate of drug-likeness (QED) is 0.619. The van der Waals surface area contributed by atoms with Gasteiger partial charge in [-0.15, -0.1) is 11.3 Å². The Morgan fingerprint density at radius 1 is 1.22 bits per heavy atom. The van der Waals surface area contributed by atoms with Gasteiger partial charge < -0.3 is 9.47 Å². The third-order valence-electron chi connectivity index (χ3n) is 1.83. The number of carbonyl (C=O) groups excluding carboxylic acids is 2. The van der Waals surface area contributed by atoms with Gasteiger partial charge in [0, 0.05) is 0 Å². The lowest BCUT2D eigenvalue weighted by molar-refractivity contribution is -0.141. The van der Waals surface area contributed by atoms with Crippen molar-refractivity contribution in [1.29, 1.82) is 0 Å². The van der Waals surface area contributed by atoms with Crippen molar-refractivity contribution >= 4 is 23.3 Å². The van der Waals surface area contributed by atoms with E-state index in [1.807, 2.05) is 0 Å². The van der Waals surface area contributed by atoms with Crippen LogP contribution in [-0.4, -0.2) is 25.2 Å². The van der Waals surface area contributed by atoms with Gasteiger partial charge in [0.15, 0.2) is 0 Å². The van der Waals surface area contributed by atoms with Crippen molar-refractivity contribution in [3.8, 4) is 11.8 Å². The minimum atomic E-state index is -0.346. The molecule has 0 saturated heterocycles. The lowest BCUT2D eigenvalue weighted by Crippen LogP contribution is -2.01. The third-order valence-corrected chi connectivity index (χ3v) is 2.81. The molecule has 0 unspecified atom stereocenters. The summed E-state index contributed by atoms with van der Waals surface area (Å²) in [6.45, 7) is 4.20. The molecular weight excluding hydrogens is 252 g/mol. The summed E-state index contributed by atoms with van der Waals surface area (Å²) < 4.78 is 9.61. The predicted octanol–water partition coefficient (Wildman–Crippen LogP) is 2.23. The first kappa shape index (κ1) is 14.3. The maximum atomic E-state index is 11.4. The summed E-state index contributed by atoms with van der Waals surface area (Å²) in [6.07, 6.45) is 0.0560. The standard InChI is InChI=1S/C13H14O4S/c1-3-16-12(14)7-5-6-10-8-9-11(18-10)13(15)17-4-2/h8-9H,3-4,7H2,1-2H3. The molecule has 1 heterocycles. The lowest BCUT2D eigenvalue weighted by Gasteiger charge is -1.96. The monoisotopic (exact) mass is 266 g/mol. The van der Waals surface area contributed by atoms with Crippen molar-refractivity contribution < 1.29 is 19.1 Å².